The molecule has 1 aromatic heterocycles. The minimum absolute atomic E-state index is 0.180. The molecule has 0 aliphatic heterocycles. The predicted octanol–water partition coefficient (Wildman–Crippen LogP) is 0.707. The van der Waals surface area contributed by atoms with E-state index in [1.807, 2.05) is 6.92 Å². The first-order chi connectivity index (χ1) is 5.57. The molecule has 1 rings (SSSR count). The Morgan fingerprint density at radius 3 is 2.42 bits per heavy atom. The predicted molar refractivity (Wildman–Crippen MR) is 45.5 cm³/mol. The van der Waals surface area contributed by atoms with Crippen LogP contribution in [0.15, 0.2) is 4.79 Å². The van der Waals surface area contributed by atoms with Crippen LogP contribution in [-0.4, -0.2) is 15.6 Å². The Labute approximate surface area is 70.2 Å². The third-order valence-corrected chi connectivity index (χ3v) is 1.80. The largest absolute Gasteiger partial charge is 0.299 e. The van der Waals surface area contributed by atoms with E-state index in [4.69, 9.17) is 0 Å². The molecule has 0 unspecified atom stereocenters. The zero-order chi connectivity index (χ0) is 9.30. The molecule has 0 aromatic carbocycles. The number of aryl methyl sites for hydroxylation is 2. The number of H-pyrrole nitrogens is 1. The van der Waals surface area contributed by atoms with Crippen LogP contribution in [0.2, 0.25) is 0 Å². The molecule has 0 saturated carbocycles. The van der Waals surface area contributed by atoms with Gasteiger partial charge in [0.15, 0.2) is 5.78 Å². The fourth-order valence-corrected chi connectivity index (χ4v) is 1.24. The zero-order valence-electron chi connectivity index (χ0n) is 7.47. The van der Waals surface area contributed by atoms with Gasteiger partial charge in [0.1, 0.15) is 5.56 Å². The summed E-state index contributed by atoms with van der Waals surface area (Å²) < 4.78 is 1.42. The Morgan fingerprint density at radius 2 is 2.17 bits per heavy atom. The average Bonchev–Trinajstić information content (AvgIpc) is 2.25. The third-order valence-electron chi connectivity index (χ3n) is 1.80. The molecule has 1 N–H and O–H groups in total. The van der Waals surface area contributed by atoms with E-state index in [9.17, 15) is 9.59 Å². The van der Waals surface area contributed by atoms with Gasteiger partial charge in [-0.3, -0.25) is 19.4 Å². The second-order valence-electron chi connectivity index (χ2n) is 2.72. The van der Waals surface area contributed by atoms with E-state index in [0.717, 1.165) is 0 Å². The second kappa shape index (κ2) is 2.97. The van der Waals surface area contributed by atoms with Crippen molar-refractivity contribution in [2.45, 2.75) is 27.3 Å². The van der Waals surface area contributed by atoms with Crippen LogP contribution >= 0.6 is 0 Å². The summed E-state index contributed by atoms with van der Waals surface area (Å²) in [5.74, 6) is -0.180. The first-order valence-corrected chi connectivity index (χ1v) is 3.88. The highest BCUT2D eigenvalue weighted by molar-refractivity contribution is 5.94. The van der Waals surface area contributed by atoms with Crippen molar-refractivity contribution >= 4 is 5.78 Å². The Balaban J connectivity index is 3.39. The molecule has 1 aromatic rings. The van der Waals surface area contributed by atoms with E-state index in [1.54, 1.807) is 6.92 Å². The van der Waals surface area contributed by atoms with Gasteiger partial charge in [-0.1, -0.05) is 0 Å². The number of carbonyl (C=O) groups excluding carboxylic acids is 1. The molecule has 0 radical (unpaired) electrons. The lowest BCUT2D eigenvalue weighted by Crippen LogP contribution is -2.19. The monoisotopic (exact) mass is 168 g/mol. The lowest BCUT2D eigenvalue weighted by molar-refractivity contribution is 0.101. The smallest absolute Gasteiger partial charge is 0.277 e. The molecule has 0 aliphatic carbocycles. The van der Waals surface area contributed by atoms with E-state index in [1.165, 1.54) is 11.6 Å². The van der Waals surface area contributed by atoms with E-state index in [2.05, 4.69) is 5.10 Å². The van der Waals surface area contributed by atoms with Crippen molar-refractivity contribution in [1.29, 1.82) is 0 Å². The summed E-state index contributed by atoms with van der Waals surface area (Å²) in [6, 6.07) is 0. The number of aromatic nitrogens is 2. The van der Waals surface area contributed by atoms with E-state index >= 15 is 0 Å². The van der Waals surface area contributed by atoms with Gasteiger partial charge in [0, 0.05) is 12.2 Å². The van der Waals surface area contributed by atoms with Gasteiger partial charge in [0.05, 0.1) is 0 Å². The molecule has 12 heavy (non-hydrogen) atoms. The maximum atomic E-state index is 11.4. The topological polar surface area (TPSA) is 54.9 Å². The summed E-state index contributed by atoms with van der Waals surface area (Å²) >= 11 is 0. The Morgan fingerprint density at radius 1 is 1.58 bits per heavy atom. The SMILES string of the molecule is CCn1[nH]c(C)c(C(C)=O)c1=O. The van der Waals surface area contributed by atoms with Crippen molar-refractivity contribution in [3.8, 4) is 0 Å². The molecule has 0 aliphatic rings. The first-order valence-electron chi connectivity index (χ1n) is 3.88. The molecule has 0 amide bonds. The summed E-state index contributed by atoms with van der Waals surface area (Å²) in [5, 5.41) is 2.83. The van der Waals surface area contributed by atoms with Gasteiger partial charge < -0.3 is 0 Å². The van der Waals surface area contributed by atoms with Gasteiger partial charge in [-0.05, 0) is 20.8 Å². The molecule has 0 spiro atoms. The molecular formula is C8H12N2O2. The summed E-state index contributed by atoms with van der Waals surface area (Å²) in [4.78, 5) is 22.4. The van der Waals surface area contributed by atoms with Gasteiger partial charge in [-0.25, -0.2) is 0 Å². The number of Topliss-reactive ketones (excluding diaryl/α,β-unsaturated/α-hetero) is 1. The minimum atomic E-state index is -0.220. The van der Waals surface area contributed by atoms with Gasteiger partial charge in [-0.15, -0.1) is 0 Å². The fourth-order valence-electron chi connectivity index (χ4n) is 1.24. The van der Waals surface area contributed by atoms with Gasteiger partial charge in [0.25, 0.3) is 5.56 Å². The van der Waals surface area contributed by atoms with Crippen molar-refractivity contribution in [2.24, 2.45) is 0 Å². The number of hydrogen-bond acceptors (Lipinski definition) is 2. The maximum absolute atomic E-state index is 11.4. The van der Waals surface area contributed by atoms with Crippen molar-refractivity contribution in [2.75, 3.05) is 0 Å². The Hall–Kier alpha value is -1.32. The van der Waals surface area contributed by atoms with Crippen LogP contribution in [0.25, 0.3) is 0 Å². The average molecular weight is 168 g/mol. The fraction of sp³-hybridized carbons (Fsp3) is 0.500. The van der Waals surface area contributed by atoms with Crippen LogP contribution in [0.3, 0.4) is 0 Å². The molecule has 0 fully saturated rings. The number of nitrogens with one attached hydrogen (secondary N) is 1. The summed E-state index contributed by atoms with van der Waals surface area (Å²) in [6.45, 7) is 5.54. The lowest BCUT2D eigenvalue weighted by atomic mass is 10.2. The molecule has 0 atom stereocenters. The summed E-state index contributed by atoms with van der Waals surface area (Å²) in [7, 11) is 0. The highest BCUT2D eigenvalue weighted by Gasteiger charge is 2.13. The minimum Gasteiger partial charge on any atom is -0.299 e. The Bertz CT molecular complexity index is 360. The van der Waals surface area contributed by atoms with Crippen molar-refractivity contribution < 1.29 is 4.79 Å². The number of aromatic amines is 1. The highest BCUT2D eigenvalue weighted by Crippen LogP contribution is 1.99. The molecule has 4 nitrogen and oxygen atoms in total. The second-order valence-corrected chi connectivity index (χ2v) is 2.72. The summed E-state index contributed by atoms with van der Waals surface area (Å²) in [5.41, 5.74) is 0.703. The van der Waals surface area contributed by atoms with Crippen LogP contribution in [0.5, 0.6) is 0 Å². The number of rotatable bonds is 2. The van der Waals surface area contributed by atoms with Gasteiger partial charge in [-0.2, -0.15) is 0 Å². The molecule has 0 saturated heterocycles. The Kier molecular flexibility index (Phi) is 2.17. The van der Waals surface area contributed by atoms with Gasteiger partial charge in [0.2, 0.25) is 0 Å². The van der Waals surface area contributed by atoms with Crippen LogP contribution in [0.4, 0.5) is 0 Å². The van der Waals surface area contributed by atoms with E-state index in [0.29, 0.717) is 12.2 Å². The van der Waals surface area contributed by atoms with Crippen LogP contribution < -0.4 is 5.56 Å². The highest BCUT2D eigenvalue weighted by atomic mass is 16.2. The van der Waals surface area contributed by atoms with Crippen LogP contribution in [-0.2, 0) is 6.54 Å². The number of carbonyl (C=O) groups is 1. The quantitative estimate of drug-likeness (QED) is 0.661. The van der Waals surface area contributed by atoms with E-state index < -0.39 is 0 Å². The van der Waals surface area contributed by atoms with Crippen molar-refractivity contribution in [1.82, 2.24) is 9.78 Å². The van der Waals surface area contributed by atoms with Crippen molar-refractivity contribution in [3.63, 3.8) is 0 Å². The van der Waals surface area contributed by atoms with Crippen molar-refractivity contribution in [3.05, 3.63) is 21.6 Å². The van der Waals surface area contributed by atoms with Gasteiger partial charge >= 0.3 is 0 Å². The molecule has 1 heterocycles. The van der Waals surface area contributed by atoms with Crippen LogP contribution in [0.1, 0.15) is 29.9 Å². The zero-order valence-corrected chi connectivity index (χ0v) is 7.47. The van der Waals surface area contributed by atoms with E-state index in [-0.39, 0.29) is 16.9 Å². The third kappa shape index (κ3) is 1.20. The normalized spacial score (nSPS) is 10.2. The molecule has 0 bridgehead atoms. The number of ketones is 1. The first kappa shape index (κ1) is 8.77. The molecule has 66 valence electrons. The standard InChI is InChI=1S/C8H12N2O2/c1-4-10-8(12)7(6(3)11)5(2)9-10/h9H,4H2,1-3H3. The molecule has 4 heteroatoms. The maximum Gasteiger partial charge on any atom is 0.277 e. The lowest BCUT2D eigenvalue weighted by Gasteiger charge is -1.90. The van der Waals surface area contributed by atoms with Crippen LogP contribution in [0, 0.1) is 6.92 Å². The number of hydrogen-bond donors (Lipinski definition) is 1. The molecular weight excluding hydrogens is 156 g/mol. The summed E-state index contributed by atoms with van der Waals surface area (Å²) in [6.07, 6.45) is 0. The number of nitrogens with zero attached hydrogens (tertiary/aromatic N) is 1.